The van der Waals surface area contributed by atoms with Crippen molar-refractivity contribution in [3.63, 3.8) is 0 Å². The number of nitrogens with one attached hydrogen (secondary N) is 2. The molecule has 1 unspecified atom stereocenters. The molecule has 3 aliphatic rings. The van der Waals surface area contributed by atoms with E-state index in [0.29, 0.717) is 67.5 Å². The van der Waals surface area contributed by atoms with Gasteiger partial charge in [0.25, 0.3) is 5.91 Å². The number of nitrogens with zero attached hydrogens (tertiary/aromatic N) is 3. The standard InChI is InChI=1S/C33H35N5O6/c1-19-35-26-10-7-20(15-29(26)43-19)24-9-12-27-30(24)32(44-22-5-3-4-6-22)38-33(37-27)36-25-11-8-21(16-28(25)40-2)31(39)34-17-23-18-41-13-14-42-23/h7-11,15-16,22-23H,3-6,12-14,17-18H2,1-2H3,(H,34,39)(H,36,37,38). The lowest BCUT2D eigenvalue weighted by Crippen LogP contribution is -2.39. The molecule has 2 aliphatic carbocycles. The second kappa shape index (κ2) is 12.3. The van der Waals surface area contributed by atoms with Gasteiger partial charge in [0, 0.05) is 25.5 Å². The second-order valence-electron chi connectivity index (χ2n) is 11.3. The van der Waals surface area contributed by atoms with Gasteiger partial charge >= 0.3 is 0 Å². The van der Waals surface area contributed by atoms with Gasteiger partial charge in [-0.15, -0.1) is 0 Å². The van der Waals surface area contributed by atoms with Crippen molar-refractivity contribution in [2.24, 2.45) is 0 Å². The number of ether oxygens (including phenoxy) is 4. The number of allylic oxidation sites excluding steroid dienone is 1. The van der Waals surface area contributed by atoms with Crippen LogP contribution in [0.5, 0.6) is 11.6 Å². The molecule has 7 rings (SSSR count). The van der Waals surface area contributed by atoms with Crippen molar-refractivity contribution in [1.82, 2.24) is 20.3 Å². The van der Waals surface area contributed by atoms with Gasteiger partial charge in [-0.2, -0.15) is 4.98 Å². The minimum absolute atomic E-state index is 0.112. The van der Waals surface area contributed by atoms with E-state index < -0.39 is 0 Å². The van der Waals surface area contributed by atoms with Crippen molar-refractivity contribution in [3.8, 4) is 11.6 Å². The Labute approximate surface area is 255 Å². The molecule has 0 bridgehead atoms. The summed E-state index contributed by atoms with van der Waals surface area (Å²) in [4.78, 5) is 27.0. The highest BCUT2D eigenvalue weighted by Gasteiger charge is 2.28. The van der Waals surface area contributed by atoms with Gasteiger partial charge in [-0.3, -0.25) is 4.79 Å². The van der Waals surface area contributed by atoms with E-state index in [-0.39, 0.29) is 18.1 Å². The number of anilines is 2. The van der Waals surface area contributed by atoms with Crippen LogP contribution in [0.1, 0.15) is 58.8 Å². The molecule has 228 valence electrons. The number of aryl methyl sites for hydroxylation is 1. The molecule has 1 aliphatic heterocycles. The Balaban J connectivity index is 1.15. The smallest absolute Gasteiger partial charge is 0.251 e. The Bertz CT molecular complexity index is 1720. The molecular formula is C33H35N5O6. The number of rotatable bonds is 9. The third-order valence-corrected chi connectivity index (χ3v) is 8.19. The van der Waals surface area contributed by atoms with Crippen molar-refractivity contribution in [2.75, 3.05) is 38.8 Å². The van der Waals surface area contributed by atoms with Crippen LogP contribution in [-0.2, 0) is 15.9 Å². The molecule has 2 fully saturated rings. The molecule has 11 nitrogen and oxygen atoms in total. The average molecular weight is 598 g/mol. The van der Waals surface area contributed by atoms with E-state index in [4.69, 9.17) is 33.3 Å². The van der Waals surface area contributed by atoms with Crippen LogP contribution in [0, 0.1) is 6.92 Å². The van der Waals surface area contributed by atoms with Crippen LogP contribution in [0.3, 0.4) is 0 Å². The second-order valence-corrected chi connectivity index (χ2v) is 11.3. The normalized spacial score (nSPS) is 18.2. The van der Waals surface area contributed by atoms with Crippen LogP contribution in [-0.4, -0.2) is 66.5 Å². The lowest BCUT2D eigenvalue weighted by Gasteiger charge is -2.23. The van der Waals surface area contributed by atoms with Gasteiger partial charge < -0.3 is 34.0 Å². The highest BCUT2D eigenvalue weighted by molar-refractivity contribution is 5.95. The van der Waals surface area contributed by atoms with Crippen LogP contribution in [0.2, 0.25) is 0 Å². The van der Waals surface area contributed by atoms with E-state index in [1.807, 2.05) is 19.1 Å². The van der Waals surface area contributed by atoms with Crippen LogP contribution in [0.15, 0.2) is 46.9 Å². The van der Waals surface area contributed by atoms with E-state index in [1.165, 1.54) is 0 Å². The minimum Gasteiger partial charge on any atom is -0.495 e. The number of benzene rings is 2. The molecule has 1 atom stereocenters. The summed E-state index contributed by atoms with van der Waals surface area (Å²) in [6.45, 7) is 3.79. The first kappa shape index (κ1) is 28.3. The predicted octanol–water partition coefficient (Wildman–Crippen LogP) is 5.13. The highest BCUT2D eigenvalue weighted by Crippen LogP contribution is 2.41. The summed E-state index contributed by atoms with van der Waals surface area (Å²) >= 11 is 0. The van der Waals surface area contributed by atoms with Crippen molar-refractivity contribution in [3.05, 3.63) is 70.7 Å². The van der Waals surface area contributed by atoms with Crippen LogP contribution < -0.4 is 20.1 Å². The van der Waals surface area contributed by atoms with Gasteiger partial charge in [0.1, 0.15) is 17.4 Å². The van der Waals surface area contributed by atoms with Crippen LogP contribution in [0.25, 0.3) is 16.7 Å². The molecule has 3 heterocycles. The lowest BCUT2D eigenvalue weighted by atomic mass is 10.0. The number of carbonyl (C=O) groups excluding carboxylic acids is 1. The molecule has 0 spiro atoms. The lowest BCUT2D eigenvalue weighted by molar-refractivity contribution is -0.0855. The molecule has 1 amide bonds. The number of oxazole rings is 1. The molecule has 2 aromatic carbocycles. The maximum absolute atomic E-state index is 12.8. The zero-order valence-corrected chi connectivity index (χ0v) is 24.9. The van der Waals surface area contributed by atoms with Crippen LogP contribution in [0.4, 0.5) is 11.6 Å². The number of methoxy groups -OCH3 is 1. The van der Waals surface area contributed by atoms with E-state index in [2.05, 4.69) is 27.8 Å². The van der Waals surface area contributed by atoms with E-state index in [1.54, 1.807) is 25.3 Å². The van der Waals surface area contributed by atoms with Gasteiger partial charge in [-0.1, -0.05) is 12.1 Å². The Kier molecular flexibility index (Phi) is 7.88. The molecule has 11 heteroatoms. The quantitative estimate of drug-likeness (QED) is 0.268. The summed E-state index contributed by atoms with van der Waals surface area (Å²) in [7, 11) is 1.57. The fraction of sp³-hybridized carbons (Fsp3) is 0.394. The van der Waals surface area contributed by atoms with Crippen molar-refractivity contribution in [2.45, 2.75) is 51.2 Å². The van der Waals surface area contributed by atoms with Gasteiger partial charge in [-0.25, -0.2) is 9.97 Å². The Morgan fingerprint density at radius 2 is 1.95 bits per heavy atom. The summed E-state index contributed by atoms with van der Waals surface area (Å²) in [5, 5.41) is 6.22. The number of aromatic nitrogens is 3. The van der Waals surface area contributed by atoms with E-state index >= 15 is 0 Å². The third-order valence-electron chi connectivity index (χ3n) is 8.19. The highest BCUT2D eigenvalue weighted by atomic mass is 16.6. The fourth-order valence-corrected chi connectivity index (χ4v) is 6.00. The zero-order valence-electron chi connectivity index (χ0n) is 24.9. The third kappa shape index (κ3) is 5.85. The fourth-order valence-electron chi connectivity index (χ4n) is 6.00. The molecule has 1 saturated carbocycles. The number of amides is 1. The Morgan fingerprint density at radius 1 is 1.07 bits per heavy atom. The SMILES string of the molecule is COc1cc(C(=O)NCC2COCCO2)ccc1Nc1nc2c(c(OC3CCCC3)n1)C(c1ccc3nc(C)oc3c1)=CC2. The molecule has 44 heavy (non-hydrogen) atoms. The van der Waals surface area contributed by atoms with Crippen LogP contribution >= 0.6 is 0 Å². The molecule has 1 saturated heterocycles. The number of hydrogen-bond donors (Lipinski definition) is 2. The summed E-state index contributed by atoms with van der Waals surface area (Å²) in [5.41, 5.74) is 6.49. The van der Waals surface area contributed by atoms with Gasteiger partial charge in [-0.05, 0) is 67.2 Å². The molecule has 2 N–H and O–H groups in total. The Morgan fingerprint density at radius 3 is 2.77 bits per heavy atom. The van der Waals surface area contributed by atoms with E-state index in [0.717, 1.165) is 59.2 Å². The first-order valence-electron chi connectivity index (χ1n) is 15.1. The summed E-state index contributed by atoms with van der Waals surface area (Å²) < 4.78 is 29.0. The molecular weight excluding hydrogens is 562 g/mol. The first-order valence-corrected chi connectivity index (χ1v) is 15.1. The zero-order chi connectivity index (χ0) is 30.0. The number of fused-ring (bicyclic) bond motifs is 2. The molecule has 4 aromatic rings. The van der Waals surface area contributed by atoms with E-state index in [9.17, 15) is 4.79 Å². The Hall–Kier alpha value is -4.48. The summed E-state index contributed by atoms with van der Waals surface area (Å²) in [6.07, 6.45) is 7.05. The van der Waals surface area contributed by atoms with Crippen molar-refractivity contribution in [1.29, 1.82) is 0 Å². The summed E-state index contributed by atoms with van der Waals surface area (Å²) in [6, 6.07) is 11.3. The predicted molar refractivity (Wildman–Crippen MR) is 164 cm³/mol. The maximum Gasteiger partial charge on any atom is 0.251 e. The summed E-state index contributed by atoms with van der Waals surface area (Å²) in [5.74, 6) is 1.87. The maximum atomic E-state index is 12.8. The number of carbonyl (C=O) groups is 1. The first-order chi connectivity index (χ1) is 21.5. The largest absolute Gasteiger partial charge is 0.495 e. The van der Waals surface area contributed by atoms with Gasteiger partial charge in [0.05, 0.1) is 50.0 Å². The minimum atomic E-state index is -0.220. The van der Waals surface area contributed by atoms with Crippen molar-refractivity contribution < 1.29 is 28.2 Å². The monoisotopic (exact) mass is 597 g/mol. The van der Waals surface area contributed by atoms with Gasteiger partial charge in [0.15, 0.2) is 11.5 Å². The number of hydrogen-bond acceptors (Lipinski definition) is 10. The van der Waals surface area contributed by atoms with Gasteiger partial charge in [0.2, 0.25) is 11.8 Å². The molecule has 2 aromatic heterocycles. The van der Waals surface area contributed by atoms with Crippen molar-refractivity contribution >= 4 is 34.2 Å². The topological polar surface area (TPSA) is 130 Å². The molecule has 0 radical (unpaired) electrons. The average Bonchev–Trinajstić information content (AvgIpc) is 3.80.